The lowest BCUT2D eigenvalue weighted by atomic mass is 9.94. The highest BCUT2D eigenvalue weighted by Gasteiger charge is 2.41. The molecule has 2 aliphatic heterocycles. The molecule has 2 aromatic rings. The van der Waals surface area contributed by atoms with Crippen molar-refractivity contribution in [2.75, 3.05) is 24.5 Å². The van der Waals surface area contributed by atoms with Crippen LogP contribution in [0, 0.1) is 5.92 Å². The SMILES string of the molecule is CCN1CCC(C(=O)N(Cc2ccc(C3C=NN=C(C(F)(F)F)O3)cc2)c2ccccc2)CC1. The van der Waals surface area contributed by atoms with Gasteiger partial charge in [0.15, 0.2) is 6.10 Å². The van der Waals surface area contributed by atoms with Gasteiger partial charge in [-0.1, -0.05) is 49.4 Å². The maximum atomic E-state index is 13.5. The monoisotopic (exact) mass is 472 g/mol. The Bertz CT molecular complexity index is 1030. The van der Waals surface area contributed by atoms with Gasteiger partial charge >= 0.3 is 12.1 Å². The molecule has 2 heterocycles. The van der Waals surface area contributed by atoms with E-state index in [4.69, 9.17) is 4.74 Å². The van der Waals surface area contributed by atoms with Gasteiger partial charge in [0.1, 0.15) is 0 Å². The van der Waals surface area contributed by atoms with Gasteiger partial charge in [-0.2, -0.15) is 18.3 Å². The van der Waals surface area contributed by atoms with E-state index in [1.807, 2.05) is 30.3 Å². The number of hydrogen-bond acceptors (Lipinski definition) is 5. The van der Waals surface area contributed by atoms with Crippen molar-refractivity contribution in [1.82, 2.24) is 4.90 Å². The number of halogens is 3. The summed E-state index contributed by atoms with van der Waals surface area (Å²) in [5.74, 6) is -1.30. The molecule has 34 heavy (non-hydrogen) atoms. The highest BCUT2D eigenvalue weighted by Crippen LogP contribution is 2.28. The Morgan fingerprint density at radius 3 is 2.38 bits per heavy atom. The maximum absolute atomic E-state index is 13.5. The summed E-state index contributed by atoms with van der Waals surface area (Å²) in [6.07, 6.45) is -2.78. The molecule has 180 valence electrons. The molecule has 2 aromatic carbocycles. The third kappa shape index (κ3) is 5.64. The molecule has 1 fully saturated rings. The van der Waals surface area contributed by atoms with Crippen LogP contribution in [0.1, 0.15) is 37.0 Å². The van der Waals surface area contributed by atoms with E-state index in [1.165, 1.54) is 6.21 Å². The van der Waals surface area contributed by atoms with E-state index in [9.17, 15) is 18.0 Å². The fourth-order valence-corrected chi connectivity index (χ4v) is 4.21. The number of ether oxygens (including phenoxy) is 1. The predicted octanol–water partition coefficient (Wildman–Crippen LogP) is 4.97. The van der Waals surface area contributed by atoms with E-state index in [0.29, 0.717) is 12.1 Å². The van der Waals surface area contributed by atoms with E-state index >= 15 is 0 Å². The zero-order valence-electron chi connectivity index (χ0n) is 18.9. The second kappa shape index (κ2) is 10.4. The van der Waals surface area contributed by atoms with Crippen LogP contribution in [0.15, 0.2) is 64.8 Å². The lowest BCUT2D eigenvalue weighted by Crippen LogP contribution is -2.42. The van der Waals surface area contributed by atoms with Gasteiger partial charge in [0.25, 0.3) is 0 Å². The summed E-state index contributed by atoms with van der Waals surface area (Å²) in [7, 11) is 0. The molecule has 2 aliphatic rings. The average molecular weight is 473 g/mol. The van der Waals surface area contributed by atoms with Crippen molar-refractivity contribution >= 4 is 23.7 Å². The number of anilines is 1. The van der Waals surface area contributed by atoms with Crippen molar-refractivity contribution in [2.24, 2.45) is 16.1 Å². The van der Waals surface area contributed by atoms with Crippen molar-refractivity contribution in [3.05, 3.63) is 65.7 Å². The number of piperidine rings is 1. The number of likely N-dealkylation sites (tertiary alicyclic amines) is 1. The van der Waals surface area contributed by atoms with Gasteiger partial charge in [-0.05, 0) is 55.7 Å². The first-order chi connectivity index (χ1) is 16.3. The summed E-state index contributed by atoms with van der Waals surface area (Å²) in [5, 5.41) is 6.47. The summed E-state index contributed by atoms with van der Waals surface area (Å²) < 4.78 is 43.7. The fraction of sp³-hybridized carbons (Fsp3) is 0.400. The van der Waals surface area contributed by atoms with Crippen LogP contribution in [0.3, 0.4) is 0 Å². The lowest BCUT2D eigenvalue weighted by molar-refractivity contribution is -0.123. The molecule has 1 atom stereocenters. The summed E-state index contributed by atoms with van der Waals surface area (Å²) in [4.78, 5) is 17.6. The Morgan fingerprint density at radius 2 is 1.76 bits per heavy atom. The molecule has 1 unspecified atom stereocenters. The van der Waals surface area contributed by atoms with Crippen LogP contribution >= 0.6 is 0 Å². The number of nitrogens with zero attached hydrogens (tertiary/aromatic N) is 4. The quantitative estimate of drug-likeness (QED) is 0.597. The van der Waals surface area contributed by atoms with Crippen LogP contribution in [0.2, 0.25) is 0 Å². The molecule has 0 spiro atoms. The molecule has 4 rings (SSSR count). The predicted molar refractivity (Wildman–Crippen MR) is 125 cm³/mol. The molecule has 0 saturated carbocycles. The fourth-order valence-electron chi connectivity index (χ4n) is 4.21. The van der Waals surface area contributed by atoms with Crippen LogP contribution in [0.25, 0.3) is 0 Å². The number of amides is 1. The van der Waals surface area contributed by atoms with E-state index in [2.05, 4.69) is 22.0 Å². The van der Waals surface area contributed by atoms with Gasteiger partial charge in [0.2, 0.25) is 5.91 Å². The molecule has 0 radical (unpaired) electrons. The normalized spacial score (nSPS) is 19.4. The summed E-state index contributed by atoms with van der Waals surface area (Å²) in [5.41, 5.74) is 2.21. The zero-order valence-corrected chi connectivity index (χ0v) is 18.9. The molecule has 0 aliphatic carbocycles. The number of benzene rings is 2. The topological polar surface area (TPSA) is 57.5 Å². The van der Waals surface area contributed by atoms with Crippen molar-refractivity contribution in [3.63, 3.8) is 0 Å². The van der Waals surface area contributed by atoms with Crippen molar-refractivity contribution in [3.8, 4) is 0 Å². The van der Waals surface area contributed by atoms with Gasteiger partial charge in [-0.25, -0.2) is 0 Å². The first kappa shape index (κ1) is 23.9. The van der Waals surface area contributed by atoms with E-state index in [1.54, 1.807) is 29.2 Å². The first-order valence-electron chi connectivity index (χ1n) is 11.4. The molecular formula is C25H27F3N4O2. The highest BCUT2D eigenvalue weighted by molar-refractivity contribution is 5.95. The van der Waals surface area contributed by atoms with Gasteiger partial charge < -0.3 is 14.5 Å². The van der Waals surface area contributed by atoms with Crippen molar-refractivity contribution in [1.29, 1.82) is 0 Å². The van der Waals surface area contributed by atoms with E-state index in [-0.39, 0.29) is 11.8 Å². The lowest BCUT2D eigenvalue weighted by Gasteiger charge is -2.34. The summed E-state index contributed by atoms with van der Waals surface area (Å²) in [6, 6.07) is 16.5. The molecule has 1 saturated heterocycles. The van der Waals surface area contributed by atoms with Crippen LogP contribution in [0.4, 0.5) is 18.9 Å². The van der Waals surface area contributed by atoms with Crippen LogP contribution in [0.5, 0.6) is 0 Å². The Labute approximate surface area is 196 Å². The Kier molecular flexibility index (Phi) is 7.31. The maximum Gasteiger partial charge on any atom is 0.470 e. The highest BCUT2D eigenvalue weighted by atomic mass is 19.4. The number of carbonyl (C=O) groups is 1. The van der Waals surface area contributed by atoms with Gasteiger partial charge in [-0.3, -0.25) is 4.79 Å². The summed E-state index contributed by atoms with van der Waals surface area (Å²) >= 11 is 0. The number of alkyl halides is 3. The number of carbonyl (C=O) groups excluding carboxylic acids is 1. The minimum Gasteiger partial charge on any atom is -0.459 e. The smallest absolute Gasteiger partial charge is 0.459 e. The Balaban J connectivity index is 1.48. The van der Waals surface area contributed by atoms with Gasteiger partial charge in [-0.15, -0.1) is 5.10 Å². The molecule has 6 nitrogen and oxygen atoms in total. The average Bonchev–Trinajstić information content (AvgIpc) is 2.87. The number of hydrogen-bond donors (Lipinski definition) is 0. The third-order valence-electron chi connectivity index (χ3n) is 6.20. The molecule has 0 N–H and O–H groups in total. The summed E-state index contributed by atoms with van der Waals surface area (Å²) in [6.45, 7) is 5.31. The number of para-hydroxylation sites is 1. The minimum atomic E-state index is -4.69. The molecule has 1 amide bonds. The second-order valence-corrected chi connectivity index (χ2v) is 8.42. The van der Waals surface area contributed by atoms with E-state index in [0.717, 1.165) is 43.7 Å². The van der Waals surface area contributed by atoms with E-state index < -0.39 is 18.2 Å². The second-order valence-electron chi connectivity index (χ2n) is 8.42. The van der Waals surface area contributed by atoms with Crippen LogP contribution in [-0.4, -0.2) is 48.7 Å². The molecule has 0 bridgehead atoms. The van der Waals surface area contributed by atoms with Crippen molar-refractivity contribution < 1.29 is 22.7 Å². The minimum absolute atomic E-state index is 0.0331. The standard InChI is InChI=1S/C25H27F3N4O2/c1-2-31-14-12-20(13-15-31)23(33)32(21-6-4-3-5-7-21)17-18-8-10-19(11-9-18)22-16-29-30-24(34-22)25(26,27)28/h3-11,16,20,22H,2,12-15,17H2,1H3. The number of rotatable bonds is 6. The third-order valence-corrected chi connectivity index (χ3v) is 6.20. The van der Waals surface area contributed by atoms with Gasteiger partial charge in [0, 0.05) is 11.6 Å². The Hall–Kier alpha value is -3.20. The van der Waals surface area contributed by atoms with Crippen LogP contribution < -0.4 is 4.90 Å². The molecule has 9 heteroatoms. The first-order valence-corrected chi connectivity index (χ1v) is 11.4. The Morgan fingerprint density at radius 1 is 1.09 bits per heavy atom. The van der Waals surface area contributed by atoms with Gasteiger partial charge in [0.05, 0.1) is 12.8 Å². The largest absolute Gasteiger partial charge is 0.470 e. The molecular weight excluding hydrogens is 445 g/mol. The molecule has 0 aromatic heterocycles. The zero-order chi connectivity index (χ0) is 24.1. The van der Waals surface area contributed by atoms with Crippen LogP contribution in [-0.2, 0) is 16.1 Å². The van der Waals surface area contributed by atoms with Crippen molar-refractivity contribution in [2.45, 2.75) is 38.6 Å².